The van der Waals surface area contributed by atoms with E-state index in [1.807, 2.05) is 13.8 Å². The fraction of sp³-hybridized carbons (Fsp3) is 0.333. The third kappa shape index (κ3) is 1.90. The minimum absolute atomic E-state index is 0.0572. The van der Waals surface area contributed by atoms with Gasteiger partial charge in [0, 0.05) is 17.5 Å². The Bertz CT molecular complexity index is 704. The van der Waals surface area contributed by atoms with Crippen LogP contribution in [0.15, 0.2) is 24.3 Å². The Morgan fingerprint density at radius 2 is 2.10 bits per heavy atom. The highest BCUT2D eigenvalue weighted by Gasteiger charge is 2.35. The molecule has 0 aliphatic carbocycles. The number of hydrogen-bond acceptors (Lipinski definition) is 3. The molecule has 1 N–H and O–H groups in total. The van der Waals surface area contributed by atoms with Crippen molar-refractivity contribution < 1.29 is 14.3 Å². The summed E-state index contributed by atoms with van der Waals surface area (Å²) in [6.45, 7) is 4.52. The van der Waals surface area contributed by atoms with Crippen molar-refractivity contribution in [3.63, 3.8) is 0 Å². The molecular formula is C15H15FN2O2. The molecule has 0 radical (unpaired) electrons. The summed E-state index contributed by atoms with van der Waals surface area (Å²) in [6, 6.07) is 5.78. The van der Waals surface area contributed by atoms with E-state index in [2.05, 4.69) is 5.10 Å². The number of benzene rings is 1. The summed E-state index contributed by atoms with van der Waals surface area (Å²) in [5.74, 6) is -1.03. The summed E-state index contributed by atoms with van der Waals surface area (Å²) in [4.78, 5) is 12.3. The molecule has 0 atom stereocenters. The predicted molar refractivity (Wildman–Crippen MR) is 72.0 cm³/mol. The van der Waals surface area contributed by atoms with E-state index >= 15 is 0 Å². The van der Waals surface area contributed by atoms with E-state index in [1.165, 1.54) is 12.1 Å². The third-order valence-electron chi connectivity index (χ3n) is 3.82. The first kappa shape index (κ1) is 12.8. The SMILES string of the molecule is CC1(C)CCn2nc(-c3ccc(O)c(F)c3)cc2C1=O. The molecular weight excluding hydrogens is 259 g/mol. The van der Waals surface area contributed by atoms with E-state index in [1.54, 1.807) is 16.8 Å². The first-order valence-corrected chi connectivity index (χ1v) is 6.50. The van der Waals surface area contributed by atoms with Crippen LogP contribution in [0.5, 0.6) is 5.75 Å². The number of aryl methyl sites for hydroxylation is 1. The van der Waals surface area contributed by atoms with Crippen molar-refractivity contribution in [2.45, 2.75) is 26.8 Å². The summed E-state index contributed by atoms with van der Waals surface area (Å²) >= 11 is 0. The largest absolute Gasteiger partial charge is 0.505 e. The Kier molecular flexibility index (Phi) is 2.67. The molecule has 0 saturated carbocycles. The number of carbonyl (C=O) groups excluding carboxylic acids is 1. The third-order valence-corrected chi connectivity index (χ3v) is 3.82. The van der Waals surface area contributed by atoms with Gasteiger partial charge in [0.25, 0.3) is 0 Å². The smallest absolute Gasteiger partial charge is 0.186 e. The van der Waals surface area contributed by atoms with Gasteiger partial charge in [0.1, 0.15) is 5.69 Å². The van der Waals surface area contributed by atoms with E-state index in [0.29, 0.717) is 23.5 Å². The average Bonchev–Trinajstić information content (AvgIpc) is 2.82. The zero-order chi connectivity index (χ0) is 14.5. The minimum atomic E-state index is -0.694. The zero-order valence-corrected chi connectivity index (χ0v) is 11.4. The highest BCUT2D eigenvalue weighted by molar-refractivity contribution is 6.00. The van der Waals surface area contributed by atoms with Gasteiger partial charge in [-0.2, -0.15) is 5.10 Å². The summed E-state index contributed by atoms with van der Waals surface area (Å²) < 4.78 is 15.1. The minimum Gasteiger partial charge on any atom is -0.505 e. The number of nitrogens with zero attached hydrogens (tertiary/aromatic N) is 2. The number of halogens is 1. The Morgan fingerprint density at radius 3 is 2.80 bits per heavy atom. The number of rotatable bonds is 1. The van der Waals surface area contributed by atoms with Gasteiger partial charge >= 0.3 is 0 Å². The van der Waals surface area contributed by atoms with Gasteiger partial charge in [-0.1, -0.05) is 13.8 Å². The Morgan fingerprint density at radius 1 is 1.35 bits per heavy atom. The number of aromatic nitrogens is 2. The second-order valence-corrected chi connectivity index (χ2v) is 5.77. The lowest BCUT2D eigenvalue weighted by Crippen LogP contribution is -2.33. The zero-order valence-electron chi connectivity index (χ0n) is 11.4. The predicted octanol–water partition coefficient (Wildman–Crippen LogP) is 3.01. The monoisotopic (exact) mass is 274 g/mol. The van der Waals surface area contributed by atoms with Crippen molar-refractivity contribution in [3.05, 3.63) is 35.8 Å². The first-order chi connectivity index (χ1) is 9.38. The highest BCUT2D eigenvalue weighted by Crippen LogP contribution is 2.33. The second kappa shape index (κ2) is 4.16. The van der Waals surface area contributed by atoms with Crippen LogP contribution in [0.25, 0.3) is 11.3 Å². The fourth-order valence-electron chi connectivity index (χ4n) is 2.42. The van der Waals surface area contributed by atoms with Crippen LogP contribution in [-0.2, 0) is 6.54 Å². The van der Waals surface area contributed by atoms with Crippen molar-refractivity contribution in [2.75, 3.05) is 0 Å². The van der Waals surface area contributed by atoms with E-state index in [9.17, 15) is 14.3 Å². The van der Waals surface area contributed by atoms with Crippen LogP contribution in [-0.4, -0.2) is 20.7 Å². The number of phenols is 1. The Hall–Kier alpha value is -2.17. The molecule has 0 unspecified atom stereocenters. The Labute approximate surface area is 115 Å². The van der Waals surface area contributed by atoms with Gasteiger partial charge in [-0.15, -0.1) is 0 Å². The summed E-state index contributed by atoms with van der Waals surface area (Å²) in [5.41, 5.74) is 1.27. The summed E-state index contributed by atoms with van der Waals surface area (Å²) in [7, 11) is 0. The van der Waals surface area contributed by atoms with Gasteiger partial charge in [0.15, 0.2) is 17.3 Å². The van der Waals surface area contributed by atoms with Gasteiger partial charge < -0.3 is 5.11 Å². The maximum absolute atomic E-state index is 13.4. The molecule has 1 aliphatic heterocycles. The molecule has 1 aromatic carbocycles. The number of phenolic OH excluding ortho intramolecular Hbond substituents is 1. The molecule has 104 valence electrons. The van der Waals surface area contributed by atoms with Gasteiger partial charge in [-0.05, 0) is 30.7 Å². The van der Waals surface area contributed by atoms with Gasteiger partial charge in [-0.3, -0.25) is 9.48 Å². The van der Waals surface area contributed by atoms with Gasteiger partial charge in [0.2, 0.25) is 0 Å². The van der Waals surface area contributed by atoms with E-state index in [0.717, 1.165) is 6.42 Å². The highest BCUT2D eigenvalue weighted by atomic mass is 19.1. The molecule has 20 heavy (non-hydrogen) atoms. The van der Waals surface area contributed by atoms with E-state index < -0.39 is 11.6 Å². The number of aromatic hydroxyl groups is 1. The molecule has 0 saturated heterocycles. The average molecular weight is 274 g/mol. The van der Waals surface area contributed by atoms with Gasteiger partial charge in [0.05, 0.1) is 5.69 Å². The number of Topliss-reactive ketones (excluding diaryl/α,β-unsaturated/α-hetero) is 1. The lowest BCUT2D eigenvalue weighted by atomic mass is 9.81. The maximum atomic E-state index is 13.4. The van der Waals surface area contributed by atoms with Crippen molar-refractivity contribution in [3.8, 4) is 17.0 Å². The van der Waals surface area contributed by atoms with Crippen molar-refractivity contribution in [2.24, 2.45) is 5.41 Å². The second-order valence-electron chi connectivity index (χ2n) is 5.77. The van der Waals surface area contributed by atoms with Crippen molar-refractivity contribution in [1.82, 2.24) is 9.78 Å². The molecule has 0 amide bonds. The molecule has 0 fully saturated rings. The van der Waals surface area contributed by atoms with Crippen LogP contribution >= 0.6 is 0 Å². The van der Waals surface area contributed by atoms with Crippen LogP contribution in [0, 0.1) is 11.2 Å². The lowest BCUT2D eigenvalue weighted by molar-refractivity contribution is 0.0772. The summed E-state index contributed by atoms with van der Waals surface area (Å²) in [6.07, 6.45) is 0.740. The van der Waals surface area contributed by atoms with E-state index in [4.69, 9.17) is 0 Å². The number of hydrogen-bond donors (Lipinski definition) is 1. The summed E-state index contributed by atoms with van der Waals surface area (Å²) in [5, 5.41) is 13.6. The van der Waals surface area contributed by atoms with Crippen LogP contribution in [0.1, 0.15) is 30.8 Å². The fourth-order valence-corrected chi connectivity index (χ4v) is 2.42. The first-order valence-electron chi connectivity index (χ1n) is 6.50. The Balaban J connectivity index is 2.06. The molecule has 1 aromatic heterocycles. The molecule has 1 aliphatic rings. The van der Waals surface area contributed by atoms with Gasteiger partial charge in [-0.25, -0.2) is 4.39 Å². The quantitative estimate of drug-likeness (QED) is 0.869. The van der Waals surface area contributed by atoms with E-state index in [-0.39, 0.29) is 11.2 Å². The van der Waals surface area contributed by atoms with Crippen LogP contribution in [0.4, 0.5) is 4.39 Å². The van der Waals surface area contributed by atoms with Crippen LogP contribution in [0.2, 0.25) is 0 Å². The molecule has 4 nitrogen and oxygen atoms in total. The molecule has 2 aromatic rings. The van der Waals surface area contributed by atoms with Crippen molar-refractivity contribution in [1.29, 1.82) is 0 Å². The molecule has 0 spiro atoms. The molecule has 3 rings (SSSR count). The molecule has 0 bridgehead atoms. The molecule has 2 heterocycles. The van der Waals surface area contributed by atoms with Crippen LogP contribution in [0.3, 0.4) is 0 Å². The number of fused-ring (bicyclic) bond motifs is 1. The van der Waals surface area contributed by atoms with Crippen molar-refractivity contribution >= 4 is 5.78 Å². The standard InChI is InChI=1S/C15H15FN2O2/c1-15(2)5-6-18-12(14(15)20)8-11(17-18)9-3-4-13(19)10(16)7-9/h3-4,7-8,19H,5-6H2,1-2H3. The lowest BCUT2D eigenvalue weighted by Gasteiger charge is -2.27. The number of ketones is 1. The maximum Gasteiger partial charge on any atom is 0.186 e. The molecule has 5 heteroatoms. The normalized spacial score (nSPS) is 17.1. The topological polar surface area (TPSA) is 55.1 Å². The number of carbonyl (C=O) groups is 1. The van der Waals surface area contributed by atoms with Crippen LogP contribution < -0.4 is 0 Å².